The van der Waals surface area contributed by atoms with Crippen LogP contribution in [0.5, 0.6) is 0 Å². The normalized spacial score (nSPS) is 20.9. The van der Waals surface area contributed by atoms with Crippen LogP contribution in [-0.4, -0.2) is 41.7 Å². The van der Waals surface area contributed by atoms with Crippen LogP contribution in [0.25, 0.3) is 0 Å². The van der Waals surface area contributed by atoms with Crippen LogP contribution >= 0.6 is 15.9 Å². The van der Waals surface area contributed by atoms with Crippen molar-refractivity contribution in [3.8, 4) is 0 Å². The van der Waals surface area contributed by atoms with Crippen molar-refractivity contribution in [3.05, 3.63) is 58.6 Å². The summed E-state index contributed by atoms with van der Waals surface area (Å²) in [7, 11) is 0. The van der Waals surface area contributed by atoms with Crippen molar-refractivity contribution in [1.29, 1.82) is 0 Å². The Labute approximate surface area is 187 Å². The molecule has 2 aliphatic rings. The van der Waals surface area contributed by atoms with Crippen molar-refractivity contribution in [2.75, 3.05) is 23.3 Å². The number of carbonyl (C=O) groups is 4. The summed E-state index contributed by atoms with van der Waals surface area (Å²) >= 11 is 3.37. The molecule has 8 nitrogen and oxygen atoms in total. The number of anilines is 2. The van der Waals surface area contributed by atoms with E-state index in [2.05, 4.69) is 26.6 Å². The fourth-order valence-corrected chi connectivity index (χ4v) is 4.25. The van der Waals surface area contributed by atoms with E-state index in [9.17, 15) is 19.2 Å². The molecule has 0 aliphatic carbocycles. The van der Waals surface area contributed by atoms with Gasteiger partial charge in [-0.3, -0.25) is 19.3 Å². The molecular formula is C22H21BrN4O4. The second-order valence-electron chi connectivity index (χ2n) is 7.70. The number of hydrogen-bond acceptors (Lipinski definition) is 4. The maximum atomic E-state index is 13.0. The Morgan fingerprint density at radius 3 is 2.65 bits per heavy atom. The number of urea groups is 1. The van der Waals surface area contributed by atoms with Crippen LogP contribution < -0.4 is 15.5 Å². The Kier molecular flexibility index (Phi) is 5.53. The summed E-state index contributed by atoms with van der Waals surface area (Å²) in [4.78, 5) is 52.6. The SMILES string of the molecule is C[C@]1(c2cccc(Br)c2)NC(=O)N(CC(=O)Nc2cccc(N3CCCC3=O)c2)C1=O. The molecule has 4 rings (SSSR count). The highest BCUT2D eigenvalue weighted by Crippen LogP contribution is 2.30. The van der Waals surface area contributed by atoms with Gasteiger partial charge in [-0.05, 0) is 49.2 Å². The summed E-state index contributed by atoms with van der Waals surface area (Å²) in [5.41, 5.74) is 0.560. The van der Waals surface area contributed by atoms with Crippen LogP contribution in [-0.2, 0) is 19.9 Å². The third-order valence-electron chi connectivity index (χ3n) is 5.49. The average Bonchev–Trinajstić information content (AvgIpc) is 3.25. The van der Waals surface area contributed by atoms with E-state index >= 15 is 0 Å². The minimum Gasteiger partial charge on any atom is -0.324 e. The molecule has 0 spiro atoms. The van der Waals surface area contributed by atoms with Gasteiger partial charge < -0.3 is 15.5 Å². The van der Waals surface area contributed by atoms with Gasteiger partial charge in [0.1, 0.15) is 12.1 Å². The lowest BCUT2D eigenvalue weighted by atomic mass is 9.92. The minimum absolute atomic E-state index is 0.0506. The molecule has 9 heteroatoms. The van der Waals surface area contributed by atoms with Crippen molar-refractivity contribution in [3.63, 3.8) is 0 Å². The molecule has 1 atom stereocenters. The van der Waals surface area contributed by atoms with Crippen molar-refractivity contribution in [2.45, 2.75) is 25.3 Å². The Morgan fingerprint density at radius 2 is 1.94 bits per heavy atom. The first-order valence-corrected chi connectivity index (χ1v) is 10.7. The standard InChI is InChI=1S/C22H21BrN4O4/c1-22(14-5-2-6-15(23)11-14)20(30)27(21(31)25-22)13-18(28)24-16-7-3-8-17(12-16)26-10-4-9-19(26)29/h2-3,5-8,11-12H,4,9-10,13H2,1H3,(H,24,28)(H,25,31)/t22-/m1/s1. The molecule has 0 unspecified atom stereocenters. The molecule has 0 radical (unpaired) electrons. The lowest BCUT2D eigenvalue weighted by Gasteiger charge is -2.22. The van der Waals surface area contributed by atoms with Gasteiger partial charge in [0, 0.05) is 28.8 Å². The zero-order valence-electron chi connectivity index (χ0n) is 16.9. The summed E-state index contributed by atoms with van der Waals surface area (Å²) in [6.07, 6.45) is 1.32. The van der Waals surface area contributed by atoms with Crippen molar-refractivity contribution >= 4 is 51.1 Å². The third kappa shape index (κ3) is 4.05. The van der Waals surface area contributed by atoms with Gasteiger partial charge in [-0.2, -0.15) is 0 Å². The molecular weight excluding hydrogens is 464 g/mol. The van der Waals surface area contributed by atoms with Gasteiger partial charge in [0.05, 0.1) is 0 Å². The van der Waals surface area contributed by atoms with E-state index in [1.54, 1.807) is 54.3 Å². The molecule has 2 N–H and O–H groups in total. The van der Waals surface area contributed by atoms with Gasteiger partial charge in [0.25, 0.3) is 5.91 Å². The summed E-state index contributed by atoms with van der Waals surface area (Å²) in [6.45, 7) is 1.84. The lowest BCUT2D eigenvalue weighted by molar-refractivity contribution is -0.133. The largest absolute Gasteiger partial charge is 0.325 e. The summed E-state index contributed by atoms with van der Waals surface area (Å²) in [5.74, 6) is -0.955. The van der Waals surface area contributed by atoms with Crippen LogP contribution in [0.15, 0.2) is 53.0 Å². The molecule has 0 aromatic heterocycles. The molecule has 2 saturated heterocycles. The van der Waals surface area contributed by atoms with Crippen LogP contribution in [0.1, 0.15) is 25.3 Å². The van der Waals surface area contributed by atoms with Gasteiger partial charge in [0.15, 0.2) is 0 Å². The highest BCUT2D eigenvalue weighted by molar-refractivity contribution is 9.10. The molecule has 2 fully saturated rings. The zero-order valence-corrected chi connectivity index (χ0v) is 18.4. The van der Waals surface area contributed by atoms with E-state index in [-0.39, 0.29) is 5.91 Å². The van der Waals surface area contributed by atoms with E-state index < -0.39 is 29.9 Å². The maximum Gasteiger partial charge on any atom is 0.325 e. The number of rotatable bonds is 5. The fraction of sp³-hybridized carbons (Fsp3) is 0.273. The quantitative estimate of drug-likeness (QED) is 0.637. The number of benzene rings is 2. The van der Waals surface area contributed by atoms with Crippen molar-refractivity contribution < 1.29 is 19.2 Å². The third-order valence-corrected chi connectivity index (χ3v) is 5.99. The van der Waals surface area contributed by atoms with Crippen LogP contribution in [0.3, 0.4) is 0 Å². The minimum atomic E-state index is -1.25. The Hall–Kier alpha value is -3.20. The van der Waals surface area contributed by atoms with E-state index in [0.29, 0.717) is 29.9 Å². The molecule has 160 valence electrons. The second-order valence-corrected chi connectivity index (χ2v) is 8.62. The molecule has 31 heavy (non-hydrogen) atoms. The Balaban J connectivity index is 1.46. The Bertz CT molecular complexity index is 1090. The van der Waals surface area contributed by atoms with Gasteiger partial charge in [-0.25, -0.2) is 4.79 Å². The lowest BCUT2D eigenvalue weighted by Crippen LogP contribution is -2.42. The molecule has 2 aromatic carbocycles. The summed E-state index contributed by atoms with van der Waals surface area (Å²) in [6, 6.07) is 13.4. The van der Waals surface area contributed by atoms with E-state index in [0.717, 1.165) is 15.8 Å². The maximum absolute atomic E-state index is 13.0. The number of nitrogens with zero attached hydrogens (tertiary/aromatic N) is 2. The number of nitrogens with one attached hydrogen (secondary N) is 2. The number of imide groups is 1. The highest BCUT2D eigenvalue weighted by atomic mass is 79.9. The van der Waals surface area contributed by atoms with Crippen LogP contribution in [0.4, 0.5) is 16.2 Å². The Morgan fingerprint density at radius 1 is 1.16 bits per heavy atom. The highest BCUT2D eigenvalue weighted by Gasteiger charge is 2.49. The zero-order chi connectivity index (χ0) is 22.2. The molecule has 2 aliphatic heterocycles. The second kappa shape index (κ2) is 8.14. The topological polar surface area (TPSA) is 98.8 Å². The number of amides is 5. The van der Waals surface area contributed by atoms with Crippen LogP contribution in [0, 0.1) is 0 Å². The summed E-state index contributed by atoms with van der Waals surface area (Å²) < 4.78 is 0.779. The van der Waals surface area contributed by atoms with Gasteiger partial charge in [0.2, 0.25) is 11.8 Å². The van der Waals surface area contributed by atoms with Crippen molar-refractivity contribution in [2.24, 2.45) is 0 Å². The van der Waals surface area contributed by atoms with Crippen LogP contribution in [0.2, 0.25) is 0 Å². The van der Waals surface area contributed by atoms with Gasteiger partial charge >= 0.3 is 6.03 Å². The molecule has 5 amide bonds. The smallest absolute Gasteiger partial charge is 0.324 e. The first-order chi connectivity index (χ1) is 14.8. The molecule has 0 bridgehead atoms. The fourth-order valence-electron chi connectivity index (χ4n) is 3.85. The summed E-state index contributed by atoms with van der Waals surface area (Å²) in [5, 5.41) is 5.39. The predicted octanol–water partition coefficient (Wildman–Crippen LogP) is 2.98. The molecule has 2 aromatic rings. The number of halogens is 1. The number of carbonyl (C=O) groups excluding carboxylic acids is 4. The van der Waals surface area contributed by atoms with Gasteiger partial charge in [-0.1, -0.05) is 34.1 Å². The van der Waals surface area contributed by atoms with E-state index in [1.807, 2.05) is 6.07 Å². The average molecular weight is 485 g/mol. The first-order valence-electron chi connectivity index (χ1n) is 9.88. The van der Waals surface area contributed by atoms with E-state index in [1.165, 1.54) is 0 Å². The van der Waals surface area contributed by atoms with Gasteiger partial charge in [-0.15, -0.1) is 0 Å². The first kappa shape index (κ1) is 21.0. The number of hydrogen-bond donors (Lipinski definition) is 2. The van der Waals surface area contributed by atoms with Crippen molar-refractivity contribution in [1.82, 2.24) is 10.2 Å². The monoisotopic (exact) mass is 484 g/mol. The van der Waals surface area contributed by atoms with E-state index in [4.69, 9.17) is 0 Å². The predicted molar refractivity (Wildman–Crippen MR) is 118 cm³/mol. The molecule has 0 saturated carbocycles. The molecule has 2 heterocycles.